The molecule has 3 rings (SSSR count). The van der Waals surface area contributed by atoms with Crippen LogP contribution in [0.4, 0.5) is 0 Å². The molecule has 3 aromatic rings. The highest BCUT2D eigenvalue weighted by atomic mass is 32.2. The molecule has 0 aliphatic carbocycles. The molecule has 174 valence electrons. The van der Waals surface area contributed by atoms with Crippen molar-refractivity contribution < 1.29 is 18.0 Å². The zero-order chi connectivity index (χ0) is 24.2. The topological polar surface area (TPSA) is 86.8 Å². The molecule has 0 aliphatic heterocycles. The summed E-state index contributed by atoms with van der Waals surface area (Å²) in [5, 5.41) is 4.28. The SMILES string of the molecule is CNC(=O)[C@@H](C)N(Cc1ccc(C)cc1)C(=O)CN(C)S(=O)(=O)c1ccc2ccccc2c1. The molecule has 1 atom stereocenters. The van der Waals surface area contributed by atoms with Gasteiger partial charge in [-0.05, 0) is 42.3 Å². The lowest BCUT2D eigenvalue weighted by Gasteiger charge is -2.30. The van der Waals surface area contributed by atoms with E-state index in [1.54, 1.807) is 19.1 Å². The van der Waals surface area contributed by atoms with Gasteiger partial charge in [-0.25, -0.2) is 8.42 Å². The molecule has 0 fully saturated rings. The third kappa shape index (κ3) is 5.58. The molecule has 0 saturated carbocycles. The summed E-state index contributed by atoms with van der Waals surface area (Å²) >= 11 is 0. The van der Waals surface area contributed by atoms with E-state index in [9.17, 15) is 18.0 Å². The smallest absolute Gasteiger partial charge is 0.243 e. The van der Waals surface area contributed by atoms with E-state index in [2.05, 4.69) is 5.32 Å². The quantitative estimate of drug-likeness (QED) is 0.552. The van der Waals surface area contributed by atoms with Crippen molar-refractivity contribution in [3.8, 4) is 0 Å². The Balaban J connectivity index is 1.84. The summed E-state index contributed by atoms with van der Waals surface area (Å²) in [5.74, 6) is -0.783. The van der Waals surface area contributed by atoms with Crippen LogP contribution in [-0.4, -0.2) is 56.1 Å². The minimum Gasteiger partial charge on any atom is -0.357 e. The number of carbonyl (C=O) groups is 2. The fourth-order valence-electron chi connectivity index (χ4n) is 3.56. The molecular weight excluding hydrogens is 438 g/mol. The Bertz CT molecular complexity index is 1260. The summed E-state index contributed by atoms with van der Waals surface area (Å²) in [7, 11) is -1.03. The Labute approximate surface area is 195 Å². The molecule has 0 spiro atoms. The zero-order valence-electron chi connectivity index (χ0n) is 19.3. The summed E-state index contributed by atoms with van der Waals surface area (Å²) in [6, 6.07) is 19.2. The molecule has 8 heteroatoms. The van der Waals surface area contributed by atoms with Gasteiger partial charge in [-0.3, -0.25) is 9.59 Å². The normalized spacial score (nSPS) is 12.5. The number of nitrogens with one attached hydrogen (secondary N) is 1. The highest BCUT2D eigenvalue weighted by molar-refractivity contribution is 7.89. The molecule has 1 N–H and O–H groups in total. The van der Waals surface area contributed by atoms with Crippen LogP contribution in [0.25, 0.3) is 10.8 Å². The predicted octanol–water partition coefficient (Wildman–Crippen LogP) is 2.93. The Hall–Kier alpha value is -3.23. The third-order valence-corrected chi connectivity index (χ3v) is 7.47. The number of hydrogen-bond donors (Lipinski definition) is 1. The van der Waals surface area contributed by atoms with Gasteiger partial charge in [-0.1, -0.05) is 60.2 Å². The van der Waals surface area contributed by atoms with Crippen LogP contribution in [0.1, 0.15) is 18.1 Å². The van der Waals surface area contributed by atoms with E-state index in [0.717, 1.165) is 26.2 Å². The summed E-state index contributed by atoms with van der Waals surface area (Å²) in [5.41, 5.74) is 1.93. The number of hydrogen-bond acceptors (Lipinski definition) is 4. The Morgan fingerprint density at radius 3 is 2.24 bits per heavy atom. The van der Waals surface area contributed by atoms with Gasteiger partial charge < -0.3 is 10.2 Å². The van der Waals surface area contributed by atoms with Crippen LogP contribution in [0.5, 0.6) is 0 Å². The average Bonchev–Trinajstić information content (AvgIpc) is 2.82. The van der Waals surface area contributed by atoms with Crippen molar-refractivity contribution in [1.82, 2.24) is 14.5 Å². The van der Waals surface area contributed by atoms with Crippen molar-refractivity contribution in [2.24, 2.45) is 0 Å². The van der Waals surface area contributed by atoms with Gasteiger partial charge in [0, 0.05) is 20.6 Å². The molecule has 0 aliphatic rings. The van der Waals surface area contributed by atoms with E-state index < -0.39 is 22.0 Å². The van der Waals surface area contributed by atoms with Crippen LogP contribution in [0, 0.1) is 6.92 Å². The molecule has 0 saturated heterocycles. The second kappa shape index (κ2) is 10.1. The molecule has 0 bridgehead atoms. The first kappa shape index (κ1) is 24.4. The van der Waals surface area contributed by atoms with Gasteiger partial charge in [0.05, 0.1) is 11.4 Å². The predicted molar refractivity (Wildman–Crippen MR) is 129 cm³/mol. The first-order valence-corrected chi connectivity index (χ1v) is 12.1. The minimum atomic E-state index is -3.90. The number of aryl methyl sites for hydroxylation is 1. The van der Waals surface area contributed by atoms with E-state index in [0.29, 0.717) is 0 Å². The number of sulfonamides is 1. The maximum absolute atomic E-state index is 13.2. The van der Waals surface area contributed by atoms with Crippen molar-refractivity contribution in [3.05, 3.63) is 77.9 Å². The van der Waals surface area contributed by atoms with Crippen molar-refractivity contribution in [2.75, 3.05) is 20.6 Å². The van der Waals surface area contributed by atoms with Crippen LogP contribution in [0.3, 0.4) is 0 Å². The van der Waals surface area contributed by atoms with Crippen LogP contribution in [0.2, 0.25) is 0 Å². The van der Waals surface area contributed by atoms with Crippen LogP contribution in [-0.2, 0) is 26.2 Å². The van der Waals surface area contributed by atoms with Gasteiger partial charge in [-0.2, -0.15) is 4.31 Å². The average molecular weight is 468 g/mol. The van der Waals surface area contributed by atoms with Gasteiger partial charge in [0.1, 0.15) is 6.04 Å². The highest BCUT2D eigenvalue weighted by Crippen LogP contribution is 2.21. The van der Waals surface area contributed by atoms with E-state index in [1.165, 1.54) is 25.1 Å². The molecule has 0 heterocycles. The number of nitrogens with zero attached hydrogens (tertiary/aromatic N) is 2. The Morgan fingerprint density at radius 1 is 0.970 bits per heavy atom. The van der Waals surface area contributed by atoms with Gasteiger partial charge in [0.25, 0.3) is 0 Å². The summed E-state index contributed by atoms with van der Waals surface area (Å²) in [6.45, 7) is 3.40. The second-order valence-electron chi connectivity index (χ2n) is 8.07. The van der Waals surface area contributed by atoms with Gasteiger partial charge in [0.15, 0.2) is 0 Å². The fraction of sp³-hybridized carbons (Fsp3) is 0.280. The third-order valence-electron chi connectivity index (χ3n) is 5.67. The molecular formula is C25H29N3O4S. The molecule has 7 nitrogen and oxygen atoms in total. The van der Waals surface area contributed by atoms with E-state index >= 15 is 0 Å². The van der Waals surface area contributed by atoms with E-state index in [-0.39, 0.29) is 23.9 Å². The zero-order valence-corrected chi connectivity index (χ0v) is 20.1. The van der Waals surface area contributed by atoms with Gasteiger partial charge in [0.2, 0.25) is 21.8 Å². The van der Waals surface area contributed by atoms with E-state index in [1.807, 2.05) is 55.5 Å². The molecule has 0 unspecified atom stereocenters. The summed E-state index contributed by atoms with van der Waals surface area (Å²) in [6.07, 6.45) is 0. The van der Waals surface area contributed by atoms with Crippen molar-refractivity contribution in [2.45, 2.75) is 31.3 Å². The van der Waals surface area contributed by atoms with Crippen LogP contribution in [0.15, 0.2) is 71.6 Å². The number of fused-ring (bicyclic) bond motifs is 1. The molecule has 33 heavy (non-hydrogen) atoms. The monoisotopic (exact) mass is 467 g/mol. The number of benzene rings is 3. The molecule has 2 amide bonds. The number of amides is 2. The van der Waals surface area contributed by atoms with Crippen molar-refractivity contribution in [3.63, 3.8) is 0 Å². The lowest BCUT2D eigenvalue weighted by Crippen LogP contribution is -2.50. The number of rotatable bonds is 8. The van der Waals surface area contributed by atoms with Gasteiger partial charge in [-0.15, -0.1) is 0 Å². The number of likely N-dealkylation sites (N-methyl/N-ethyl adjacent to an activating group) is 2. The molecule has 0 radical (unpaired) electrons. The Morgan fingerprint density at radius 2 is 1.61 bits per heavy atom. The lowest BCUT2D eigenvalue weighted by molar-refractivity contribution is -0.140. The minimum absolute atomic E-state index is 0.112. The van der Waals surface area contributed by atoms with E-state index in [4.69, 9.17) is 0 Å². The summed E-state index contributed by atoms with van der Waals surface area (Å²) in [4.78, 5) is 27.0. The molecule has 3 aromatic carbocycles. The summed E-state index contributed by atoms with van der Waals surface area (Å²) < 4.78 is 27.4. The number of carbonyl (C=O) groups excluding carboxylic acids is 2. The van der Waals surface area contributed by atoms with Crippen LogP contribution < -0.4 is 5.32 Å². The lowest BCUT2D eigenvalue weighted by atomic mass is 10.1. The largest absolute Gasteiger partial charge is 0.357 e. The van der Waals surface area contributed by atoms with Gasteiger partial charge >= 0.3 is 0 Å². The first-order chi connectivity index (χ1) is 15.6. The van der Waals surface area contributed by atoms with Crippen molar-refractivity contribution in [1.29, 1.82) is 0 Å². The highest BCUT2D eigenvalue weighted by Gasteiger charge is 2.30. The standard InChI is InChI=1S/C25H29N3O4S/c1-18-9-11-20(12-10-18)16-28(19(2)25(30)26-3)24(29)17-27(4)33(31,32)23-14-13-21-7-5-6-8-22(21)15-23/h5-15,19H,16-17H2,1-4H3,(H,26,30)/t19-/m1/s1. The first-order valence-electron chi connectivity index (χ1n) is 10.6. The van der Waals surface area contributed by atoms with Crippen molar-refractivity contribution >= 4 is 32.6 Å². The van der Waals surface area contributed by atoms with Crippen LogP contribution >= 0.6 is 0 Å². The maximum Gasteiger partial charge on any atom is 0.243 e. The maximum atomic E-state index is 13.2. The molecule has 0 aromatic heterocycles. The second-order valence-corrected chi connectivity index (χ2v) is 10.1. The fourth-order valence-corrected chi connectivity index (χ4v) is 4.71. The Kier molecular flexibility index (Phi) is 7.50.